The molecule has 1 aliphatic heterocycles. The third-order valence-electron chi connectivity index (χ3n) is 6.05. The van der Waals surface area contributed by atoms with E-state index in [1.54, 1.807) is 6.20 Å². The second-order valence-electron chi connectivity index (χ2n) is 7.47. The lowest BCUT2D eigenvalue weighted by molar-refractivity contribution is 0.0946. The summed E-state index contributed by atoms with van der Waals surface area (Å²) >= 11 is 0. The Morgan fingerprint density at radius 2 is 2.08 bits per heavy atom. The maximum Gasteiger partial charge on any atom is 0.269 e. The fourth-order valence-corrected chi connectivity index (χ4v) is 4.63. The zero-order chi connectivity index (χ0) is 17.5. The van der Waals surface area contributed by atoms with Crippen LogP contribution in [0.5, 0.6) is 0 Å². The quantitative estimate of drug-likeness (QED) is 0.920. The van der Waals surface area contributed by atoms with Crippen molar-refractivity contribution in [2.75, 3.05) is 37.7 Å². The fourth-order valence-electron chi connectivity index (χ4n) is 4.63. The number of pyridine rings is 1. The Kier molecular flexibility index (Phi) is 3.89. The number of morpholine rings is 1. The zero-order valence-corrected chi connectivity index (χ0v) is 14.7. The topological polar surface area (TPSA) is 54.5 Å². The predicted octanol–water partition coefficient (Wildman–Crippen LogP) is 2.23. The highest BCUT2D eigenvalue weighted by atomic mass is 16.5. The molecule has 5 rings (SSSR count). The summed E-state index contributed by atoms with van der Waals surface area (Å²) in [5, 5.41) is 3.11. The minimum absolute atomic E-state index is 0.0710. The first kappa shape index (κ1) is 15.8. The highest BCUT2D eigenvalue weighted by Crippen LogP contribution is 2.60. The standard InChI is InChI=1S/C21H23N3O2/c25-21(19-12-15(5-6-22-19)24-7-9-26-10-8-24)23-13-18-17-11-14-3-1-2-4-16(14)20(17)18/h1-6,12,17-18,20H,7-11,13H2,(H,23,25)/t17-,18+,20-/m0/s1. The van der Waals surface area contributed by atoms with E-state index in [1.807, 2.05) is 12.1 Å². The van der Waals surface area contributed by atoms with Crippen molar-refractivity contribution in [3.8, 4) is 0 Å². The molecule has 1 N–H and O–H groups in total. The molecule has 2 heterocycles. The van der Waals surface area contributed by atoms with Gasteiger partial charge >= 0.3 is 0 Å². The van der Waals surface area contributed by atoms with Gasteiger partial charge in [-0.3, -0.25) is 9.78 Å². The molecule has 1 saturated carbocycles. The zero-order valence-electron chi connectivity index (χ0n) is 14.7. The van der Waals surface area contributed by atoms with Crippen LogP contribution in [-0.2, 0) is 11.2 Å². The van der Waals surface area contributed by atoms with Crippen LogP contribution in [0.1, 0.15) is 27.5 Å². The molecule has 2 aromatic rings. The molecule has 0 spiro atoms. The Morgan fingerprint density at radius 3 is 2.96 bits per heavy atom. The molecule has 1 aromatic carbocycles. The molecular weight excluding hydrogens is 326 g/mol. The maximum absolute atomic E-state index is 12.6. The van der Waals surface area contributed by atoms with E-state index < -0.39 is 0 Å². The monoisotopic (exact) mass is 349 g/mol. The highest BCUT2D eigenvalue weighted by Gasteiger charge is 2.55. The largest absolute Gasteiger partial charge is 0.378 e. The number of carbonyl (C=O) groups excluding carboxylic acids is 1. The van der Waals surface area contributed by atoms with Crippen molar-refractivity contribution in [2.45, 2.75) is 12.3 Å². The van der Waals surface area contributed by atoms with Gasteiger partial charge in [0.1, 0.15) is 5.69 Å². The van der Waals surface area contributed by atoms with Crippen molar-refractivity contribution in [3.63, 3.8) is 0 Å². The van der Waals surface area contributed by atoms with E-state index in [0.717, 1.165) is 45.0 Å². The summed E-state index contributed by atoms with van der Waals surface area (Å²) in [4.78, 5) is 19.1. The lowest BCUT2D eigenvalue weighted by Gasteiger charge is -2.28. The number of rotatable bonds is 4. The summed E-state index contributed by atoms with van der Waals surface area (Å²) in [7, 11) is 0. The lowest BCUT2D eigenvalue weighted by Crippen LogP contribution is -2.36. The fraction of sp³-hybridized carbons (Fsp3) is 0.429. The van der Waals surface area contributed by atoms with Crippen molar-refractivity contribution in [1.82, 2.24) is 10.3 Å². The Bertz CT molecular complexity index is 832. The Morgan fingerprint density at radius 1 is 1.23 bits per heavy atom. The van der Waals surface area contributed by atoms with Gasteiger partial charge < -0.3 is 15.0 Å². The first-order valence-corrected chi connectivity index (χ1v) is 9.46. The normalized spacial score (nSPS) is 26.2. The SMILES string of the molecule is O=C(NC[C@@H]1[C@@H]2Cc3ccccc3[C@H]12)c1cc(N2CCOCC2)ccn1. The molecular formula is C21H23N3O2. The van der Waals surface area contributed by atoms with Gasteiger partial charge in [-0.25, -0.2) is 0 Å². The second kappa shape index (κ2) is 6.40. The lowest BCUT2D eigenvalue weighted by atomic mass is 10.0. The van der Waals surface area contributed by atoms with Crippen LogP contribution in [0.2, 0.25) is 0 Å². The Labute approximate surface area is 153 Å². The van der Waals surface area contributed by atoms with E-state index in [1.165, 1.54) is 11.1 Å². The molecule has 0 bridgehead atoms. The Hall–Kier alpha value is -2.40. The first-order chi connectivity index (χ1) is 12.8. The maximum atomic E-state index is 12.6. The summed E-state index contributed by atoms with van der Waals surface area (Å²) < 4.78 is 5.40. The van der Waals surface area contributed by atoms with Crippen molar-refractivity contribution < 1.29 is 9.53 Å². The molecule has 3 aliphatic rings. The molecule has 2 fully saturated rings. The number of carbonyl (C=O) groups is 1. The Balaban J connectivity index is 1.21. The molecule has 26 heavy (non-hydrogen) atoms. The van der Waals surface area contributed by atoms with Crippen molar-refractivity contribution in [1.29, 1.82) is 0 Å². The van der Waals surface area contributed by atoms with Crippen LogP contribution in [-0.4, -0.2) is 43.7 Å². The van der Waals surface area contributed by atoms with Crippen LogP contribution in [0.4, 0.5) is 5.69 Å². The van der Waals surface area contributed by atoms with E-state index in [4.69, 9.17) is 4.74 Å². The summed E-state index contributed by atoms with van der Waals surface area (Å²) in [5.41, 5.74) is 4.53. The third-order valence-corrected chi connectivity index (χ3v) is 6.05. The van der Waals surface area contributed by atoms with Gasteiger partial charge in [0, 0.05) is 31.5 Å². The van der Waals surface area contributed by atoms with Crippen LogP contribution < -0.4 is 10.2 Å². The predicted molar refractivity (Wildman–Crippen MR) is 99.5 cm³/mol. The number of nitrogens with one attached hydrogen (secondary N) is 1. The molecule has 3 atom stereocenters. The summed E-state index contributed by atoms with van der Waals surface area (Å²) in [6.45, 7) is 3.92. The minimum Gasteiger partial charge on any atom is -0.378 e. The molecule has 1 saturated heterocycles. The average molecular weight is 349 g/mol. The van der Waals surface area contributed by atoms with Crippen molar-refractivity contribution in [2.24, 2.45) is 11.8 Å². The smallest absolute Gasteiger partial charge is 0.269 e. The number of aromatic nitrogens is 1. The van der Waals surface area contributed by atoms with E-state index in [0.29, 0.717) is 23.4 Å². The van der Waals surface area contributed by atoms with Crippen LogP contribution in [0, 0.1) is 11.8 Å². The van der Waals surface area contributed by atoms with Gasteiger partial charge in [0.05, 0.1) is 13.2 Å². The number of hydrogen-bond donors (Lipinski definition) is 1. The van der Waals surface area contributed by atoms with Gasteiger partial charge in [-0.15, -0.1) is 0 Å². The van der Waals surface area contributed by atoms with Crippen LogP contribution in [0.25, 0.3) is 0 Å². The number of anilines is 1. The molecule has 1 amide bonds. The van der Waals surface area contributed by atoms with Gasteiger partial charge in [0.2, 0.25) is 0 Å². The summed E-state index contributed by atoms with van der Waals surface area (Å²) in [5.74, 6) is 1.86. The van der Waals surface area contributed by atoms with Gasteiger partial charge in [-0.05, 0) is 47.4 Å². The van der Waals surface area contributed by atoms with E-state index in [9.17, 15) is 4.79 Å². The van der Waals surface area contributed by atoms with Gasteiger partial charge in [-0.1, -0.05) is 24.3 Å². The minimum atomic E-state index is -0.0710. The highest BCUT2D eigenvalue weighted by molar-refractivity contribution is 5.93. The van der Waals surface area contributed by atoms with Gasteiger partial charge in [0.25, 0.3) is 5.91 Å². The molecule has 0 radical (unpaired) electrons. The number of ether oxygens (including phenoxy) is 1. The summed E-state index contributed by atoms with van der Waals surface area (Å²) in [6, 6.07) is 12.6. The summed E-state index contributed by atoms with van der Waals surface area (Å²) in [6.07, 6.45) is 2.88. The van der Waals surface area contributed by atoms with Crippen LogP contribution in [0.3, 0.4) is 0 Å². The molecule has 1 aromatic heterocycles. The molecule has 2 aliphatic carbocycles. The number of hydrogen-bond acceptors (Lipinski definition) is 4. The third kappa shape index (κ3) is 2.76. The number of amides is 1. The van der Waals surface area contributed by atoms with Crippen molar-refractivity contribution >= 4 is 11.6 Å². The average Bonchev–Trinajstić information content (AvgIpc) is 3.24. The van der Waals surface area contributed by atoms with Crippen LogP contribution >= 0.6 is 0 Å². The van der Waals surface area contributed by atoms with Gasteiger partial charge in [0.15, 0.2) is 0 Å². The van der Waals surface area contributed by atoms with Gasteiger partial charge in [-0.2, -0.15) is 0 Å². The second-order valence-corrected chi connectivity index (χ2v) is 7.47. The van der Waals surface area contributed by atoms with E-state index in [2.05, 4.69) is 39.5 Å². The molecule has 5 heteroatoms. The number of fused-ring (bicyclic) bond motifs is 3. The molecule has 5 nitrogen and oxygen atoms in total. The van der Waals surface area contributed by atoms with E-state index >= 15 is 0 Å². The van der Waals surface area contributed by atoms with Crippen molar-refractivity contribution in [3.05, 3.63) is 59.4 Å². The first-order valence-electron chi connectivity index (χ1n) is 9.46. The molecule has 134 valence electrons. The van der Waals surface area contributed by atoms with Crippen LogP contribution in [0.15, 0.2) is 42.6 Å². The number of nitrogens with zero attached hydrogens (tertiary/aromatic N) is 2. The molecule has 0 unspecified atom stereocenters. The number of benzene rings is 1. The van der Waals surface area contributed by atoms with E-state index in [-0.39, 0.29) is 5.91 Å².